The summed E-state index contributed by atoms with van der Waals surface area (Å²) in [5, 5.41) is 39.6. The SMILES string of the molecule is N#Cc1c(C#N)c(/C=C/C=C/C=C/C=C/C=C/C=C/C=C/C=C/N)c(C#N)c(C#N)c1/C=C/C=C/C=C/C=C/C=C/C=C/C=C/C=C/N. The molecule has 0 heterocycles. The fraction of sp³-hybridized carbons (Fsp3) is 0. The van der Waals surface area contributed by atoms with Gasteiger partial charge in [0.2, 0.25) is 0 Å². The third-order valence-electron chi connectivity index (χ3n) is 5.66. The standard InChI is InChI=1S/C42H36N6/c43-31-27-23-19-15-11-7-3-1-5-9-13-17-21-25-29-37-39(33-45)41(35-47)38(42(36-48)40(37)34-46)30-26-22-18-14-10-6-2-4-8-12-16-20-24-28-32-44/h1-32H,43-44H2/b5-1+,6-2+,7-3+,8-4+,13-9+,14-10+,15-11+,16-12+,21-17+,22-18+,23-19+,24-20+,29-25+,30-26+,31-27+,32-28+. The van der Waals surface area contributed by atoms with E-state index in [0.29, 0.717) is 0 Å². The molecular formula is C42H36N6. The lowest BCUT2D eigenvalue weighted by Crippen LogP contribution is -2.02. The van der Waals surface area contributed by atoms with Gasteiger partial charge in [0.1, 0.15) is 24.3 Å². The van der Waals surface area contributed by atoms with E-state index in [1.54, 1.807) is 60.8 Å². The van der Waals surface area contributed by atoms with Gasteiger partial charge in [0.05, 0.1) is 22.3 Å². The highest BCUT2D eigenvalue weighted by atomic mass is 14.5. The molecule has 234 valence electrons. The molecule has 6 heteroatoms. The van der Waals surface area contributed by atoms with Gasteiger partial charge in [0, 0.05) is 11.1 Å². The lowest BCUT2D eigenvalue weighted by atomic mass is 9.87. The number of nitriles is 4. The lowest BCUT2D eigenvalue weighted by molar-refractivity contribution is 1.35. The van der Waals surface area contributed by atoms with Crippen molar-refractivity contribution in [3.05, 3.63) is 216 Å². The quantitative estimate of drug-likeness (QED) is 0.176. The zero-order chi connectivity index (χ0) is 34.9. The van der Waals surface area contributed by atoms with E-state index in [0.717, 1.165) is 0 Å². The second-order valence-corrected chi connectivity index (χ2v) is 8.88. The maximum atomic E-state index is 9.91. The number of nitrogens with zero attached hydrogens (tertiary/aromatic N) is 4. The number of hydrogen-bond donors (Lipinski definition) is 2. The number of hydrogen-bond acceptors (Lipinski definition) is 6. The van der Waals surface area contributed by atoms with Gasteiger partial charge in [-0.1, -0.05) is 170 Å². The van der Waals surface area contributed by atoms with Crippen molar-refractivity contribution in [2.45, 2.75) is 0 Å². The van der Waals surface area contributed by atoms with Gasteiger partial charge < -0.3 is 11.5 Å². The fourth-order valence-corrected chi connectivity index (χ4v) is 3.56. The molecule has 0 bridgehead atoms. The van der Waals surface area contributed by atoms with Gasteiger partial charge in [-0.25, -0.2) is 0 Å². The molecule has 0 atom stereocenters. The van der Waals surface area contributed by atoms with E-state index in [4.69, 9.17) is 11.5 Å². The number of benzene rings is 1. The summed E-state index contributed by atoms with van der Waals surface area (Å²) in [5.74, 6) is 0. The van der Waals surface area contributed by atoms with Crippen LogP contribution >= 0.6 is 0 Å². The first-order chi connectivity index (χ1) is 23.7. The van der Waals surface area contributed by atoms with E-state index < -0.39 is 0 Å². The molecule has 1 aromatic carbocycles. The molecule has 0 aliphatic rings. The van der Waals surface area contributed by atoms with Crippen LogP contribution in [0.25, 0.3) is 12.2 Å². The Balaban J connectivity index is 3.02. The van der Waals surface area contributed by atoms with Crippen molar-refractivity contribution in [1.82, 2.24) is 0 Å². The molecule has 4 N–H and O–H groups in total. The van der Waals surface area contributed by atoms with E-state index in [2.05, 4.69) is 0 Å². The van der Waals surface area contributed by atoms with Crippen LogP contribution in [0.1, 0.15) is 33.4 Å². The average Bonchev–Trinajstić information content (AvgIpc) is 3.10. The number of nitrogens with two attached hydrogens (primary N) is 2. The van der Waals surface area contributed by atoms with Crippen molar-refractivity contribution in [3.8, 4) is 24.3 Å². The maximum Gasteiger partial charge on any atom is 0.101 e. The van der Waals surface area contributed by atoms with Crippen LogP contribution in [0, 0.1) is 45.3 Å². The zero-order valence-electron chi connectivity index (χ0n) is 26.4. The normalized spacial score (nSPS) is 13.4. The molecule has 0 unspecified atom stereocenters. The molecule has 1 aromatic rings. The van der Waals surface area contributed by atoms with Gasteiger partial charge in [-0.05, 0) is 24.6 Å². The van der Waals surface area contributed by atoms with Crippen LogP contribution in [0.15, 0.2) is 183 Å². The second kappa shape index (κ2) is 27.2. The molecule has 1 rings (SSSR count). The van der Waals surface area contributed by atoms with E-state index >= 15 is 0 Å². The highest BCUT2D eigenvalue weighted by Gasteiger charge is 2.21. The largest absolute Gasteiger partial charge is 0.405 e. The van der Waals surface area contributed by atoms with Crippen molar-refractivity contribution in [2.75, 3.05) is 0 Å². The Morgan fingerprint density at radius 2 is 0.438 bits per heavy atom. The Labute approximate surface area is 284 Å². The van der Waals surface area contributed by atoms with Crippen LogP contribution < -0.4 is 11.5 Å². The Bertz CT molecular complexity index is 1670. The van der Waals surface area contributed by atoms with Gasteiger partial charge in [-0.2, -0.15) is 21.0 Å². The average molecular weight is 625 g/mol. The van der Waals surface area contributed by atoms with Gasteiger partial charge in [-0.3, -0.25) is 0 Å². The first kappa shape index (κ1) is 38.6. The summed E-state index contributed by atoms with van der Waals surface area (Å²) >= 11 is 0. The minimum Gasteiger partial charge on any atom is -0.405 e. The highest BCUT2D eigenvalue weighted by molar-refractivity contribution is 5.80. The van der Waals surface area contributed by atoms with Crippen LogP contribution in [0.5, 0.6) is 0 Å². The molecule has 48 heavy (non-hydrogen) atoms. The van der Waals surface area contributed by atoms with Gasteiger partial charge in [0.25, 0.3) is 0 Å². The minimum absolute atomic E-state index is 0.0309. The van der Waals surface area contributed by atoms with Crippen LogP contribution in [-0.2, 0) is 0 Å². The van der Waals surface area contributed by atoms with Crippen LogP contribution in [0.4, 0.5) is 0 Å². The fourth-order valence-electron chi connectivity index (χ4n) is 3.56. The molecule has 0 saturated heterocycles. The van der Waals surface area contributed by atoms with Crippen LogP contribution in [0.3, 0.4) is 0 Å². The van der Waals surface area contributed by atoms with E-state index in [1.165, 1.54) is 12.4 Å². The molecule has 0 radical (unpaired) electrons. The molecular weight excluding hydrogens is 589 g/mol. The molecule has 0 aliphatic carbocycles. The number of allylic oxidation sites excluding steroid dienone is 28. The topological polar surface area (TPSA) is 147 Å². The Kier molecular flexibility index (Phi) is 21.9. The molecule has 0 saturated carbocycles. The Hall–Kier alpha value is -7.38. The summed E-state index contributed by atoms with van der Waals surface area (Å²) in [4.78, 5) is 0. The van der Waals surface area contributed by atoms with Gasteiger partial charge >= 0.3 is 0 Å². The third-order valence-corrected chi connectivity index (χ3v) is 5.66. The summed E-state index contributed by atoms with van der Waals surface area (Å²) in [7, 11) is 0. The molecule has 0 fully saturated rings. The molecule has 0 aliphatic heterocycles. The summed E-state index contributed by atoms with van der Waals surface area (Å²) in [6.45, 7) is 0. The Morgan fingerprint density at radius 3 is 0.604 bits per heavy atom. The van der Waals surface area contributed by atoms with E-state index in [-0.39, 0.29) is 33.4 Å². The highest BCUT2D eigenvalue weighted by Crippen LogP contribution is 2.29. The van der Waals surface area contributed by atoms with Crippen molar-refractivity contribution in [2.24, 2.45) is 11.5 Å². The minimum atomic E-state index is 0.0309. The predicted molar refractivity (Wildman–Crippen MR) is 200 cm³/mol. The van der Waals surface area contributed by atoms with Crippen LogP contribution in [-0.4, -0.2) is 0 Å². The molecule has 6 nitrogen and oxygen atoms in total. The summed E-state index contributed by atoms with van der Waals surface area (Å²) in [6, 6.07) is 8.17. The van der Waals surface area contributed by atoms with E-state index in [1.807, 2.05) is 146 Å². The summed E-state index contributed by atoms with van der Waals surface area (Å²) < 4.78 is 0. The summed E-state index contributed by atoms with van der Waals surface area (Å²) in [5.41, 5.74) is 11.1. The lowest BCUT2D eigenvalue weighted by Gasteiger charge is -2.10. The Morgan fingerprint density at radius 1 is 0.271 bits per heavy atom. The first-order valence-corrected chi connectivity index (χ1v) is 14.6. The van der Waals surface area contributed by atoms with Crippen molar-refractivity contribution in [1.29, 1.82) is 21.0 Å². The van der Waals surface area contributed by atoms with E-state index in [9.17, 15) is 21.0 Å². The molecule has 0 spiro atoms. The van der Waals surface area contributed by atoms with Crippen molar-refractivity contribution >= 4 is 12.2 Å². The van der Waals surface area contributed by atoms with Crippen molar-refractivity contribution in [3.63, 3.8) is 0 Å². The second-order valence-electron chi connectivity index (χ2n) is 8.88. The molecule has 0 aromatic heterocycles. The monoisotopic (exact) mass is 624 g/mol. The first-order valence-electron chi connectivity index (χ1n) is 14.6. The predicted octanol–water partition coefficient (Wildman–Crippen LogP) is 8.82. The number of rotatable bonds is 16. The van der Waals surface area contributed by atoms with Crippen LogP contribution in [0.2, 0.25) is 0 Å². The third kappa shape index (κ3) is 15.9. The zero-order valence-corrected chi connectivity index (χ0v) is 26.4. The van der Waals surface area contributed by atoms with Crippen molar-refractivity contribution < 1.29 is 0 Å². The van der Waals surface area contributed by atoms with Gasteiger partial charge in [0.15, 0.2) is 0 Å². The summed E-state index contributed by atoms with van der Waals surface area (Å²) in [6.07, 6.45) is 57.1. The molecule has 0 amide bonds. The smallest absolute Gasteiger partial charge is 0.101 e. The maximum absolute atomic E-state index is 9.91. The van der Waals surface area contributed by atoms with Gasteiger partial charge in [-0.15, -0.1) is 0 Å².